The molecule has 0 bridgehead atoms. The predicted octanol–water partition coefficient (Wildman–Crippen LogP) is 2.80. The topological polar surface area (TPSA) is 97.8 Å². The van der Waals surface area contributed by atoms with E-state index >= 15 is 0 Å². The van der Waals surface area contributed by atoms with E-state index in [-0.39, 0.29) is 17.3 Å². The molecule has 3 aromatic rings. The number of fused-ring (bicyclic) bond motifs is 2. The zero-order valence-electron chi connectivity index (χ0n) is 16.7. The summed E-state index contributed by atoms with van der Waals surface area (Å²) in [5.41, 5.74) is 0.757. The standard InChI is InChI=1S/C22H21N3O5S/c26-22(24-21-10-7-15-4-1-2-5-17(15)23-21)18-6-3-11-25(18)31(27,28)16-8-9-19-20(14-16)30-13-12-29-19/h1-2,4-5,7-10,14,18H,3,6,11-13H2,(H,23,24,26). The van der Waals surface area contributed by atoms with Crippen LogP contribution in [0.15, 0.2) is 59.5 Å². The van der Waals surface area contributed by atoms with Gasteiger partial charge >= 0.3 is 0 Å². The highest BCUT2D eigenvalue weighted by Gasteiger charge is 2.40. The van der Waals surface area contributed by atoms with E-state index in [1.165, 1.54) is 16.4 Å². The van der Waals surface area contributed by atoms with E-state index in [0.717, 1.165) is 10.9 Å². The maximum Gasteiger partial charge on any atom is 0.243 e. The lowest BCUT2D eigenvalue weighted by atomic mass is 10.2. The number of aromatic nitrogens is 1. The van der Waals surface area contributed by atoms with Gasteiger partial charge in [0, 0.05) is 18.0 Å². The molecule has 0 spiro atoms. The Morgan fingerprint density at radius 2 is 1.84 bits per heavy atom. The van der Waals surface area contributed by atoms with Crippen molar-refractivity contribution in [1.82, 2.24) is 9.29 Å². The summed E-state index contributed by atoms with van der Waals surface area (Å²) in [6.07, 6.45) is 1.05. The largest absolute Gasteiger partial charge is 0.486 e. The number of sulfonamides is 1. The molecule has 1 atom stereocenters. The van der Waals surface area contributed by atoms with Crippen LogP contribution in [0.3, 0.4) is 0 Å². The molecule has 1 amide bonds. The first-order chi connectivity index (χ1) is 15.0. The van der Waals surface area contributed by atoms with Crippen LogP contribution < -0.4 is 14.8 Å². The van der Waals surface area contributed by atoms with Gasteiger partial charge in [-0.05, 0) is 43.2 Å². The minimum Gasteiger partial charge on any atom is -0.486 e. The van der Waals surface area contributed by atoms with Crippen LogP contribution in [0.4, 0.5) is 5.82 Å². The zero-order chi connectivity index (χ0) is 21.4. The number of nitrogens with zero attached hydrogens (tertiary/aromatic N) is 2. The van der Waals surface area contributed by atoms with Crippen molar-refractivity contribution in [2.45, 2.75) is 23.8 Å². The molecule has 0 radical (unpaired) electrons. The second-order valence-corrected chi connectivity index (χ2v) is 9.35. The number of hydrogen-bond acceptors (Lipinski definition) is 6. The number of amides is 1. The van der Waals surface area contributed by atoms with Crippen molar-refractivity contribution in [2.24, 2.45) is 0 Å². The summed E-state index contributed by atoms with van der Waals surface area (Å²) >= 11 is 0. The Kier molecular flexibility index (Phi) is 4.99. The summed E-state index contributed by atoms with van der Waals surface area (Å²) in [4.78, 5) is 17.5. The number of anilines is 1. The molecule has 0 saturated carbocycles. The van der Waals surface area contributed by atoms with Crippen LogP contribution in [0.5, 0.6) is 11.5 Å². The summed E-state index contributed by atoms with van der Waals surface area (Å²) in [6.45, 7) is 1.07. The minimum atomic E-state index is -3.88. The number of ether oxygens (including phenoxy) is 2. The van der Waals surface area contributed by atoms with Gasteiger partial charge in [0.2, 0.25) is 15.9 Å². The van der Waals surface area contributed by atoms with Gasteiger partial charge < -0.3 is 14.8 Å². The first-order valence-electron chi connectivity index (χ1n) is 10.1. The Morgan fingerprint density at radius 3 is 2.71 bits per heavy atom. The van der Waals surface area contributed by atoms with Crippen molar-refractivity contribution in [2.75, 3.05) is 25.1 Å². The summed E-state index contributed by atoms with van der Waals surface area (Å²) in [7, 11) is -3.88. The van der Waals surface area contributed by atoms with Gasteiger partial charge in [0.1, 0.15) is 25.1 Å². The normalized spacial score (nSPS) is 18.8. The highest BCUT2D eigenvalue weighted by molar-refractivity contribution is 7.89. The Hall–Kier alpha value is -3.17. The van der Waals surface area contributed by atoms with E-state index in [1.807, 2.05) is 30.3 Å². The monoisotopic (exact) mass is 439 g/mol. The van der Waals surface area contributed by atoms with Gasteiger partial charge in [-0.3, -0.25) is 4.79 Å². The lowest BCUT2D eigenvalue weighted by molar-refractivity contribution is -0.119. The van der Waals surface area contributed by atoms with Gasteiger partial charge in [-0.2, -0.15) is 4.31 Å². The van der Waals surface area contributed by atoms with Crippen molar-refractivity contribution in [3.05, 3.63) is 54.6 Å². The fourth-order valence-corrected chi connectivity index (χ4v) is 5.63. The molecule has 2 aliphatic heterocycles. The molecule has 1 fully saturated rings. The molecule has 1 aromatic heterocycles. The Balaban J connectivity index is 1.38. The van der Waals surface area contributed by atoms with Crippen molar-refractivity contribution in [1.29, 1.82) is 0 Å². The van der Waals surface area contributed by atoms with E-state index < -0.39 is 16.1 Å². The Labute approximate surface area is 179 Å². The average molecular weight is 439 g/mol. The molecule has 8 nitrogen and oxygen atoms in total. The fourth-order valence-electron chi connectivity index (χ4n) is 3.95. The second-order valence-electron chi connectivity index (χ2n) is 7.46. The van der Waals surface area contributed by atoms with Gasteiger partial charge in [-0.25, -0.2) is 13.4 Å². The van der Waals surface area contributed by atoms with Gasteiger partial charge in [-0.15, -0.1) is 0 Å². The van der Waals surface area contributed by atoms with Crippen molar-refractivity contribution in [3.63, 3.8) is 0 Å². The third-order valence-electron chi connectivity index (χ3n) is 5.48. The quantitative estimate of drug-likeness (QED) is 0.671. The molecule has 1 saturated heterocycles. The van der Waals surface area contributed by atoms with Crippen LogP contribution in [0.1, 0.15) is 12.8 Å². The van der Waals surface area contributed by atoms with Crippen molar-refractivity contribution >= 4 is 32.7 Å². The number of para-hydroxylation sites is 1. The number of carbonyl (C=O) groups is 1. The van der Waals surface area contributed by atoms with Gasteiger partial charge in [0.15, 0.2) is 11.5 Å². The maximum absolute atomic E-state index is 13.3. The third kappa shape index (κ3) is 3.70. The summed E-state index contributed by atoms with van der Waals surface area (Å²) < 4.78 is 38.8. The van der Waals surface area contributed by atoms with Crippen LogP contribution in [0, 0.1) is 0 Å². The average Bonchev–Trinajstić information content (AvgIpc) is 3.30. The minimum absolute atomic E-state index is 0.0836. The van der Waals surface area contributed by atoms with Crippen LogP contribution in [0.2, 0.25) is 0 Å². The van der Waals surface area contributed by atoms with E-state index in [2.05, 4.69) is 10.3 Å². The summed E-state index contributed by atoms with van der Waals surface area (Å²) in [6, 6.07) is 14.9. The van der Waals surface area contributed by atoms with Crippen molar-refractivity contribution < 1.29 is 22.7 Å². The molecule has 5 rings (SSSR count). The number of rotatable bonds is 4. The number of hydrogen-bond donors (Lipinski definition) is 1. The Bertz CT molecular complexity index is 1260. The summed E-state index contributed by atoms with van der Waals surface area (Å²) in [5.74, 6) is 0.921. The van der Waals surface area contributed by atoms with E-state index in [9.17, 15) is 13.2 Å². The summed E-state index contributed by atoms with van der Waals surface area (Å²) in [5, 5.41) is 3.74. The number of pyridine rings is 1. The number of benzene rings is 2. The molecule has 3 heterocycles. The lowest BCUT2D eigenvalue weighted by Crippen LogP contribution is -2.43. The van der Waals surface area contributed by atoms with E-state index in [1.54, 1.807) is 12.1 Å². The molecule has 31 heavy (non-hydrogen) atoms. The van der Waals surface area contributed by atoms with Crippen LogP contribution in [-0.2, 0) is 14.8 Å². The lowest BCUT2D eigenvalue weighted by Gasteiger charge is -2.24. The van der Waals surface area contributed by atoms with Crippen LogP contribution in [-0.4, -0.2) is 49.4 Å². The molecule has 0 aliphatic carbocycles. The van der Waals surface area contributed by atoms with Gasteiger partial charge in [0.25, 0.3) is 0 Å². The Morgan fingerprint density at radius 1 is 1.03 bits per heavy atom. The molecule has 1 unspecified atom stereocenters. The molecular weight excluding hydrogens is 418 g/mol. The first-order valence-corrected chi connectivity index (χ1v) is 11.5. The zero-order valence-corrected chi connectivity index (χ0v) is 17.5. The molecule has 9 heteroatoms. The molecule has 2 aliphatic rings. The molecule has 1 N–H and O–H groups in total. The SMILES string of the molecule is O=C(Nc1ccc2ccccc2n1)C1CCCN1S(=O)(=O)c1ccc2c(c1)OCCO2. The van der Waals surface area contributed by atoms with E-state index in [0.29, 0.717) is 43.4 Å². The first kappa shape index (κ1) is 19.8. The second kappa shape index (κ2) is 7.82. The predicted molar refractivity (Wildman–Crippen MR) is 115 cm³/mol. The number of carbonyl (C=O) groups excluding carboxylic acids is 1. The maximum atomic E-state index is 13.3. The van der Waals surface area contributed by atoms with Gasteiger partial charge in [0.05, 0.1) is 10.4 Å². The third-order valence-corrected chi connectivity index (χ3v) is 7.38. The van der Waals surface area contributed by atoms with Gasteiger partial charge in [-0.1, -0.05) is 18.2 Å². The smallest absolute Gasteiger partial charge is 0.243 e. The fraction of sp³-hybridized carbons (Fsp3) is 0.273. The van der Waals surface area contributed by atoms with Crippen molar-refractivity contribution in [3.8, 4) is 11.5 Å². The van der Waals surface area contributed by atoms with Crippen LogP contribution >= 0.6 is 0 Å². The highest BCUT2D eigenvalue weighted by Crippen LogP contribution is 2.35. The number of nitrogens with one attached hydrogen (secondary N) is 1. The molecule has 160 valence electrons. The molecular formula is C22H21N3O5S. The molecule has 2 aromatic carbocycles. The highest BCUT2D eigenvalue weighted by atomic mass is 32.2. The van der Waals surface area contributed by atoms with E-state index in [4.69, 9.17) is 9.47 Å². The van der Waals surface area contributed by atoms with Crippen LogP contribution in [0.25, 0.3) is 10.9 Å².